The van der Waals surface area contributed by atoms with Crippen molar-refractivity contribution in [3.05, 3.63) is 64.8 Å². The first-order valence-corrected chi connectivity index (χ1v) is 11.2. The van der Waals surface area contributed by atoms with Crippen LogP contribution in [0, 0.1) is 5.82 Å². The third-order valence-electron chi connectivity index (χ3n) is 4.41. The highest BCUT2D eigenvalue weighted by Gasteiger charge is 2.27. The lowest BCUT2D eigenvalue weighted by Crippen LogP contribution is -2.31. The van der Waals surface area contributed by atoms with Crippen LogP contribution in [0.25, 0.3) is 10.6 Å². The van der Waals surface area contributed by atoms with Crippen LogP contribution >= 0.6 is 11.3 Å². The Morgan fingerprint density at radius 3 is 2.45 bits per heavy atom. The Bertz CT molecular complexity index is 1140. The maximum Gasteiger partial charge on any atom is 0.336 e. The van der Waals surface area contributed by atoms with Crippen LogP contribution < -0.4 is 4.31 Å². The summed E-state index contributed by atoms with van der Waals surface area (Å²) in [5.74, 6) is -1.31. The molecule has 9 heteroatoms. The summed E-state index contributed by atoms with van der Waals surface area (Å²) in [6.45, 7) is 3.60. The van der Waals surface area contributed by atoms with Gasteiger partial charge in [0, 0.05) is 17.5 Å². The second-order valence-corrected chi connectivity index (χ2v) is 8.89. The highest BCUT2D eigenvalue weighted by molar-refractivity contribution is 7.92. The van der Waals surface area contributed by atoms with Gasteiger partial charge in [-0.3, -0.25) is 0 Å². The zero-order chi connectivity index (χ0) is 21.2. The van der Waals surface area contributed by atoms with Crippen molar-refractivity contribution in [3.8, 4) is 10.6 Å². The van der Waals surface area contributed by atoms with E-state index < -0.39 is 16.0 Å². The molecule has 1 heterocycles. The summed E-state index contributed by atoms with van der Waals surface area (Å²) in [4.78, 5) is 15.8. The second-order valence-electron chi connectivity index (χ2n) is 6.17. The minimum Gasteiger partial charge on any atom is -0.478 e. The summed E-state index contributed by atoms with van der Waals surface area (Å²) >= 11 is 1.24. The summed E-state index contributed by atoms with van der Waals surface area (Å²) < 4.78 is 40.6. The minimum absolute atomic E-state index is 0.0325. The molecule has 0 amide bonds. The molecule has 0 radical (unpaired) electrons. The quantitative estimate of drug-likeness (QED) is 0.595. The SMILES string of the molecule is CCc1ccc(S(=O)(=O)N(CC)c2csc(-c3ccc(F)cc3)n2)cc1C(=O)O. The highest BCUT2D eigenvalue weighted by atomic mass is 32.2. The number of sulfonamides is 1. The summed E-state index contributed by atoms with van der Waals surface area (Å²) in [5, 5.41) is 11.6. The molecule has 0 spiro atoms. The van der Waals surface area contributed by atoms with Gasteiger partial charge in [0.05, 0.1) is 10.5 Å². The number of benzene rings is 2. The number of hydrogen-bond acceptors (Lipinski definition) is 5. The molecule has 0 aliphatic rings. The second kappa shape index (κ2) is 8.30. The normalized spacial score (nSPS) is 11.4. The summed E-state index contributed by atoms with van der Waals surface area (Å²) in [6.07, 6.45) is 0.479. The zero-order valence-corrected chi connectivity index (χ0v) is 17.4. The van der Waals surface area contributed by atoms with Gasteiger partial charge in [0.2, 0.25) is 0 Å². The van der Waals surface area contributed by atoms with Crippen molar-refractivity contribution in [1.29, 1.82) is 0 Å². The number of halogens is 1. The lowest BCUT2D eigenvalue weighted by Gasteiger charge is -2.21. The van der Waals surface area contributed by atoms with Gasteiger partial charge in [-0.25, -0.2) is 26.9 Å². The first-order valence-electron chi connectivity index (χ1n) is 8.88. The maximum absolute atomic E-state index is 13.2. The van der Waals surface area contributed by atoms with E-state index in [1.165, 1.54) is 41.7 Å². The Kier molecular flexibility index (Phi) is 5.99. The number of aromatic carboxylic acids is 1. The van der Waals surface area contributed by atoms with Crippen LogP contribution in [0.15, 0.2) is 52.7 Å². The van der Waals surface area contributed by atoms with Gasteiger partial charge >= 0.3 is 5.97 Å². The van der Waals surface area contributed by atoms with Crippen LogP contribution in [0.1, 0.15) is 29.8 Å². The van der Waals surface area contributed by atoms with Crippen LogP contribution in [0.3, 0.4) is 0 Å². The Morgan fingerprint density at radius 2 is 1.86 bits per heavy atom. The van der Waals surface area contributed by atoms with E-state index in [0.717, 1.165) is 4.31 Å². The maximum atomic E-state index is 13.2. The molecular weight excluding hydrogens is 415 g/mol. The van der Waals surface area contributed by atoms with E-state index in [-0.39, 0.29) is 28.6 Å². The van der Waals surface area contributed by atoms with Gasteiger partial charge < -0.3 is 5.11 Å². The number of carboxylic acids is 1. The molecule has 29 heavy (non-hydrogen) atoms. The van der Waals surface area contributed by atoms with Gasteiger partial charge in [0.25, 0.3) is 10.0 Å². The zero-order valence-electron chi connectivity index (χ0n) is 15.8. The van der Waals surface area contributed by atoms with E-state index >= 15 is 0 Å². The number of carboxylic acid groups (broad SMARTS) is 1. The van der Waals surface area contributed by atoms with Gasteiger partial charge in [-0.2, -0.15) is 0 Å². The van der Waals surface area contributed by atoms with Gasteiger partial charge in [0.15, 0.2) is 5.82 Å². The fourth-order valence-corrected chi connectivity index (χ4v) is 5.23. The first kappa shape index (κ1) is 20.9. The summed E-state index contributed by atoms with van der Waals surface area (Å²) in [7, 11) is -4.01. The number of aromatic nitrogens is 1. The van der Waals surface area contributed by atoms with Crippen molar-refractivity contribution in [1.82, 2.24) is 4.98 Å². The first-order chi connectivity index (χ1) is 13.8. The lowest BCUT2D eigenvalue weighted by molar-refractivity contribution is 0.0695. The van der Waals surface area contributed by atoms with Crippen LogP contribution in [0.2, 0.25) is 0 Å². The number of hydrogen-bond donors (Lipinski definition) is 1. The summed E-state index contributed by atoms with van der Waals surface area (Å²) in [5.41, 5.74) is 1.21. The molecule has 0 unspecified atom stereocenters. The monoisotopic (exact) mass is 434 g/mol. The molecular formula is C20H19FN2O4S2. The predicted octanol–water partition coefficient (Wildman–Crippen LogP) is 4.43. The molecule has 0 fully saturated rings. The van der Waals surface area contributed by atoms with Crippen LogP contribution in [-0.4, -0.2) is 31.0 Å². The number of carbonyl (C=O) groups is 1. The smallest absolute Gasteiger partial charge is 0.336 e. The van der Waals surface area contributed by atoms with E-state index in [2.05, 4.69) is 4.98 Å². The Labute approximate surface area is 172 Å². The standard InChI is InChI=1S/C20H19FN2O4S2/c1-3-13-7-10-16(11-17(13)20(24)25)29(26,27)23(4-2)18-12-28-19(22-18)14-5-8-15(21)9-6-14/h5-12H,3-4H2,1-2H3,(H,24,25). The van der Waals surface area contributed by atoms with E-state index in [9.17, 15) is 22.7 Å². The molecule has 6 nitrogen and oxygen atoms in total. The number of rotatable bonds is 7. The average Bonchev–Trinajstić information content (AvgIpc) is 3.17. The molecule has 0 atom stereocenters. The molecule has 0 bridgehead atoms. The fourth-order valence-electron chi connectivity index (χ4n) is 2.91. The van der Waals surface area contributed by atoms with E-state index in [1.54, 1.807) is 31.4 Å². The molecule has 0 saturated heterocycles. The van der Waals surface area contributed by atoms with Crippen LogP contribution in [0.4, 0.5) is 10.2 Å². The predicted molar refractivity (Wildman–Crippen MR) is 110 cm³/mol. The van der Waals surface area contributed by atoms with Gasteiger partial charge in [-0.1, -0.05) is 13.0 Å². The van der Waals surface area contributed by atoms with E-state index in [1.807, 2.05) is 0 Å². The molecule has 0 aliphatic heterocycles. The lowest BCUT2D eigenvalue weighted by atomic mass is 10.1. The van der Waals surface area contributed by atoms with Crippen molar-refractivity contribution >= 4 is 33.1 Å². The van der Waals surface area contributed by atoms with Crippen molar-refractivity contribution < 1.29 is 22.7 Å². The van der Waals surface area contributed by atoms with Gasteiger partial charge in [-0.05, 0) is 55.3 Å². The third kappa shape index (κ3) is 4.15. The topological polar surface area (TPSA) is 87.6 Å². The van der Waals surface area contributed by atoms with Crippen molar-refractivity contribution in [2.45, 2.75) is 25.2 Å². The fraction of sp³-hybridized carbons (Fsp3) is 0.200. The number of thiazole rings is 1. The van der Waals surface area contributed by atoms with Gasteiger partial charge in [0.1, 0.15) is 10.8 Å². The van der Waals surface area contributed by atoms with Crippen molar-refractivity contribution in [2.24, 2.45) is 0 Å². The van der Waals surface area contributed by atoms with Crippen molar-refractivity contribution in [3.63, 3.8) is 0 Å². The molecule has 3 rings (SSSR count). The molecule has 1 N–H and O–H groups in total. The molecule has 2 aromatic carbocycles. The number of anilines is 1. The Morgan fingerprint density at radius 1 is 1.17 bits per heavy atom. The molecule has 152 valence electrons. The summed E-state index contributed by atoms with van der Waals surface area (Å²) in [6, 6.07) is 9.90. The van der Waals surface area contributed by atoms with E-state index in [0.29, 0.717) is 22.6 Å². The Hall–Kier alpha value is -2.78. The highest BCUT2D eigenvalue weighted by Crippen LogP contribution is 2.31. The van der Waals surface area contributed by atoms with E-state index in [4.69, 9.17) is 0 Å². The third-order valence-corrected chi connectivity index (χ3v) is 7.16. The number of nitrogens with zero attached hydrogens (tertiary/aromatic N) is 2. The van der Waals surface area contributed by atoms with Crippen LogP contribution in [0.5, 0.6) is 0 Å². The molecule has 0 saturated carbocycles. The molecule has 0 aliphatic carbocycles. The Balaban J connectivity index is 2.00. The number of aryl methyl sites for hydroxylation is 1. The average molecular weight is 435 g/mol. The minimum atomic E-state index is -4.01. The van der Waals surface area contributed by atoms with Crippen molar-refractivity contribution in [2.75, 3.05) is 10.8 Å². The largest absolute Gasteiger partial charge is 0.478 e. The molecule has 1 aromatic heterocycles. The van der Waals surface area contributed by atoms with Crippen LogP contribution in [-0.2, 0) is 16.4 Å². The van der Waals surface area contributed by atoms with Gasteiger partial charge in [-0.15, -0.1) is 11.3 Å². The molecule has 3 aromatic rings.